The summed E-state index contributed by atoms with van der Waals surface area (Å²) < 4.78 is 54.9. The number of fused-ring (bicyclic) bond motifs is 1. The molecule has 0 aliphatic carbocycles. The second-order valence-electron chi connectivity index (χ2n) is 9.57. The van der Waals surface area contributed by atoms with Crippen molar-refractivity contribution in [2.24, 2.45) is 0 Å². The summed E-state index contributed by atoms with van der Waals surface area (Å²) in [4.78, 5) is 19.7. The fourth-order valence-corrected chi connectivity index (χ4v) is 5.43. The molecule has 9 heteroatoms. The van der Waals surface area contributed by atoms with Gasteiger partial charge in [-0.3, -0.25) is 4.79 Å². The van der Waals surface area contributed by atoms with E-state index in [-0.39, 0.29) is 23.6 Å². The lowest BCUT2D eigenvalue weighted by atomic mass is 9.82. The minimum Gasteiger partial charge on any atom is -0.495 e. The number of benzene rings is 2. The number of imidazole rings is 1. The lowest BCUT2D eigenvalue weighted by molar-refractivity contribution is -0.140. The minimum atomic E-state index is -1.52. The minimum absolute atomic E-state index is 0.147. The van der Waals surface area contributed by atoms with Crippen LogP contribution >= 0.6 is 0 Å². The number of aromatic nitrogens is 2. The Kier molecular flexibility index (Phi) is 6.81. The zero-order valence-electron chi connectivity index (χ0n) is 20.9. The lowest BCUT2D eigenvalue weighted by Crippen LogP contribution is -2.52. The van der Waals surface area contributed by atoms with Crippen molar-refractivity contribution in [1.82, 2.24) is 14.5 Å². The Bertz CT molecular complexity index is 1350. The van der Waals surface area contributed by atoms with Crippen LogP contribution in [-0.4, -0.2) is 46.7 Å². The van der Waals surface area contributed by atoms with Gasteiger partial charge < -0.3 is 18.9 Å². The van der Waals surface area contributed by atoms with Gasteiger partial charge in [0.1, 0.15) is 5.75 Å². The first-order valence-corrected chi connectivity index (χ1v) is 12.2. The van der Waals surface area contributed by atoms with Crippen molar-refractivity contribution in [3.05, 3.63) is 82.7 Å². The average molecular weight is 512 g/mol. The number of hydrogen-bond acceptors (Lipinski definition) is 4. The summed E-state index contributed by atoms with van der Waals surface area (Å²) in [6.45, 7) is 1.90. The molecule has 3 aromatic rings. The molecule has 0 spiro atoms. The number of carbonyl (C=O) groups is 1. The van der Waals surface area contributed by atoms with Crippen LogP contribution in [0.1, 0.15) is 48.5 Å². The van der Waals surface area contributed by atoms with Crippen molar-refractivity contribution in [1.29, 1.82) is 0 Å². The van der Waals surface area contributed by atoms with E-state index in [0.717, 1.165) is 29.1 Å². The second kappa shape index (κ2) is 10.0. The summed E-state index contributed by atoms with van der Waals surface area (Å²) in [7, 11) is 3.17. The molecule has 1 aromatic heterocycles. The van der Waals surface area contributed by atoms with Gasteiger partial charge in [-0.2, -0.15) is 0 Å². The third-order valence-electron chi connectivity index (χ3n) is 7.27. The zero-order valence-corrected chi connectivity index (χ0v) is 20.9. The van der Waals surface area contributed by atoms with Crippen LogP contribution in [0.25, 0.3) is 11.8 Å². The van der Waals surface area contributed by atoms with Crippen LogP contribution in [-0.2, 0) is 9.53 Å². The number of rotatable bonds is 5. The van der Waals surface area contributed by atoms with Crippen LogP contribution in [0.5, 0.6) is 5.75 Å². The van der Waals surface area contributed by atoms with Crippen LogP contribution < -0.4 is 4.74 Å². The smallest absolute Gasteiger partial charge is 0.250 e. The molecule has 0 radical (unpaired) electrons. The quantitative estimate of drug-likeness (QED) is 0.334. The molecule has 2 aliphatic rings. The number of carbonyl (C=O) groups excluding carboxylic acids is 1. The van der Waals surface area contributed by atoms with Gasteiger partial charge in [-0.25, -0.2) is 18.2 Å². The number of hydrogen-bond donors (Lipinski definition) is 0. The fraction of sp³-hybridized carbons (Fsp3) is 0.357. The highest BCUT2D eigenvalue weighted by molar-refractivity contribution is 5.99. The van der Waals surface area contributed by atoms with Crippen molar-refractivity contribution in [2.75, 3.05) is 14.2 Å². The Labute approximate surface area is 213 Å². The van der Waals surface area contributed by atoms with E-state index >= 15 is 0 Å². The zero-order chi connectivity index (χ0) is 26.3. The molecular weight excluding hydrogens is 483 g/mol. The number of piperidine rings is 2. The number of methoxy groups -OCH3 is 2. The fourth-order valence-electron chi connectivity index (χ4n) is 5.43. The third kappa shape index (κ3) is 4.75. The Balaban J connectivity index is 1.48. The molecule has 2 fully saturated rings. The van der Waals surface area contributed by atoms with E-state index in [0.29, 0.717) is 37.0 Å². The van der Waals surface area contributed by atoms with Gasteiger partial charge in [0.2, 0.25) is 0 Å². The van der Waals surface area contributed by atoms with E-state index in [2.05, 4.69) is 4.98 Å². The Morgan fingerprint density at radius 3 is 2.49 bits per heavy atom. The van der Waals surface area contributed by atoms with Gasteiger partial charge >= 0.3 is 0 Å². The maximum Gasteiger partial charge on any atom is 0.250 e. The van der Waals surface area contributed by atoms with Crippen LogP contribution in [0.3, 0.4) is 0 Å². The van der Waals surface area contributed by atoms with Gasteiger partial charge in [0.25, 0.3) is 5.91 Å². The molecule has 0 unspecified atom stereocenters. The molecule has 0 bridgehead atoms. The molecule has 2 aromatic carbocycles. The molecule has 37 heavy (non-hydrogen) atoms. The Morgan fingerprint density at radius 2 is 1.84 bits per heavy atom. The van der Waals surface area contributed by atoms with Gasteiger partial charge in [-0.15, -0.1) is 0 Å². The van der Waals surface area contributed by atoms with Crippen molar-refractivity contribution < 1.29 is 27.4 Å². The predicted octanol–water partition coefficient (Wildman–Crippen LogP) is 5.53. The summed E-state index contributed by atoms with van der Waals surface area (Å²) in [6, 6.07) is 6.83. The van der Waals surface area contributed by atoms with Gasteiger partial charge in [0, 0.05) is 24.9 Å². The van der Waals surface area contributed by atoms with Gasteiger partial charge in [-0.1, -0.05) is 6.07 Å². The summed E-state index contributed by atoms with van der Waals surface area (Å²) in [5.41, 5.74) is 3.31. The molecule has 3 heterocycles. The van der Waals surface area contributed by atoms with Crippen molar-refractivity contribution in [2.45, 2.75) is 50.8 Å². The monoisotopic (exact) mass is 511 g/mol. The molecule has 0 saturated carbocycles. The molecular formula is C28H28F3N3O3. The highest BCUT2D eigenvalue weighted by Crippen LogP contribution is 2.42. The van der Waals surface area contributed by atoms with Gasteiger partial charge in [0.15, 0.2) is 17.5 Å². The van der Waals surface area contributed by atoms with E-state index < -0.39 is 23.5 Å². The SMILES string of the molecule is COc1cc(/C=C2\CC[C@@H]3C[C@@H](OC)C[C@@H](c4cc(F)c(F)c(F)c4)N3C2=O)ccc1-n1cnc(C)c1. The van der Waals surface area contributed by atoms with Crippen molar-refractivity contribution in [3.8, 4) is 11.4 Å². The van der Waals surface area contributed by atoms with Crippen molar-refractivity contribution in [3.63, 3.8) is 0 Å². The summed E-state index contributed by atoms with van der Waals surface area (Å²) in [5, 5.41) is 0. The summed E-state index contributed by atoms with van der Waals surface area (Å²) in [6.07, 6.45) is 7.49. The lowest BCUT2D eigenvalue weighted by Gasteiger charge is -2.48. The maximum atomic E-state index is 14.1. The maximum absolute atomic E-state index is 14.1. The van der Waals surface area contributed by atoms with Crippen molar-refractivity contribution >= 4 is 12.0 Å². The number of amides is 1. The Hall–Kier alpha value is -3.59. The number of ether oxygens (including phenoxy) is 2. The van der Waals surface area contributed by atoms with Crippen LogP contribution in [0.15, 0.2) is 48.4 Å². The number of nitrogens with zero attached hydrogens (tertiary/aromatic N) is 3. The first-order valence-electron chi connectivity index (χ1n) is 12.2. The highest BCUT2D eigenvalue weighted by Gasteiger charge is 2.43. The molecule has 1 amide bonds. The first-order chi connectivity index (χ1) is 17.8. The van der Waals surface area contributed by atoms with Gasteiger partial charge in [0.05, 0.1) is 37.0 Å². The molecule has 2 aliphatic heterocycles. The molecule has 2 saturated heterocycles. The summed E-state index contributed by atoms with van der Waals surface area (Å²) in [5.74, 6) is -3.63. The predicted molar refractivity (Wildman–Crippen MR) is 132 cm³/mol. The summed E-state index contributed by atoms with van der Waals surface area (Å²) >= 11 is 0. The van der Waals surface area contributed by atoms with E-state index in [4.69, 9.17) is 9.47 Å². The third-order valence-corrected chi connectivity index (χ3v) is 7.27. The molecule has 3 atom stereocenters. The van der Waals surface area contributed by atoms with Gasteiger partial charge in [-0.05, 0) is 74.1 Å². The van der Waals surface area contributed by atoms with Crippen LogP contribution in [0.2, 0.25) is 0 Å². The highest BCUT2D eigenvalue weighted by atomic mass is 19.2. The molecule has 0 N–H and O–H groups in total. The molecule has 6 nitrogen and oxygen atoms in total. The number of halogens is 3. The van der Waals surface area contributed by atoms with E-state index in [1.165, 1.54) is 0 Å². The molecule has 194 valence electrons. The van der Waals surface area contributed by atoms with E-state index in [1.54, 1.807) is 25.4 Å². The number of aryl methyl sites for hydroxylation is 1. The van der Waals surface area contributed by atoms with Crippen LogP contribution in [0.4, 0.5) is 13.2 Å². The topological polar surface area (TPSA) is 56.6 Å². The normalized spacial score (nSPS) is 22.9. The standard InChI is InChI=1S/C28H28F3N3O3/c1-16-14-33(15-32-16)24-7-4-17(9-26(24)37-3)8-18-5-6-20-12-21(36-2)13-25(34(20)28(18)35)19-10-22(29)27(31)23(30)11-19/h4,7-11,14-15,20-21,25H,5-6,12-13H2,1-3H3/b18-8+/t20-,21-,25+/m1/s1. The first kappa shape index (κ1) is 25.1. The van der Waals surface area contributed by atoms with E-state index in [9.17, 15) is 18.0 Å². The van der Waals surface area contributed by atoms with Crippen LogP contribution in [0, 0.1) is 24.4 Å². The molecule has 5 rings (SSSR count). The Morgan fingerprint density at radius 1 is 1.08 bits per heavy atom. The largest absolute Gasteiger partial charge is 0.495 e. The second-order valence-corrected chi connectivity index (χ2v) is 9.57. The average Bonchev–Trinajstić information content (AvgIpc) is 3.33. The van der Waals surface area contributed by atoms with E-state index in [1.807, 2.05) is 42.0 Å².